The normalized spacial score (nSPS) is 11.5. The first-order valence-electron chi connectivity index (χ1n) is 7.79. The van der Waals surface area contributed by atoms with E-state index in [1.54, 1.807) is 0 Å². The highest BCUT2D eigenvalue weighted by molar-refractivity contribution is 6.00. The van der Waals surface area contributed by atoms with Gasteiger partial charge in [0.25, 0.3) is 0 Å². The molecule has 0 aromatic heterocycles. The van der Waals surface area contributed by atoms with Crippen LogP contribution in [0.1, 0.15) is 18.1 Å². The van der Waals surface area contributed by atoms with E-state index in [1.165, 1.54) is 0 Å². The number of benzene rings is 3. The number of hydrogen-bond donors (Lipinski definition) is 2. The van der Waals surface area contributed by atoms with E-state index in [9.17, 15) is 4.79 Å². The molecule has 3 N–H and O–H groups in total. The molecule has 0 unspecified atom stereocenters. The molecular formula is C20H19N3O. The fraction of sp³-hybridized carbons (Fsp3) is 0.100. The minimum atomic E-state index is -0.144. The van der Waals surface area contributed by atoms with E-state index in [-0.39, 0.29) is 12.3 Å². The number of fused-ring (bicyclic) bond motifs is 1. The van der Waals surface area contributed by atoms with Gasteiger partial charge in [0.05, 0.1) is 12.1 Å². The summed E-state index contributed by atoms with van der Waals surface area (Å²) >= 11 is 0. The van der Waals surface area contributed by atoms with E-state index in [0.717, 1.165) is 21.9 Å². The number of carbonyl (C=O) groups is 1. The Morgan fingerprint density at radius 3 is 2.62 bits per heavy atom. The minimum Gasteiger partial charge on any atom is -0.399 e. The van der Waals surface area contributed by atoms with Crippen LogP contribution in [0.5, 0.6) is 0 Å². The van der Waals surface area contributed by atoms with E-state index in [1.807, 2.05) is 73.7 Å². The van der Waals surface area contributed by atoms with Gasteiger partial charge < -0.3 is 5.73 Å². The van der Waals surface area contributed by atoms with Crippen LogP contribution in [0.3, 0.4) is 0 Å². The first-order valence-corrected chi connectivity index (χ1v) is 7.79. The van der Waals surface area contributed by atoms with Crippen LogP contribution in [-0.2, 0) is 11.2 Å². The van der Waals surface area contributed by atoms with Crippen LogP contribution in [0.2, 0.25) is 0 Å². The van der Waals surface area contributed by atoms with Crippen molar-refractivity contribution in [3.05, 3.63) is 77.9 Å². The maximum atomic E-state index is 12.2. The van der Waals surface area contributed by atoms with Gasteiger partial charge in [-0.2, -0.15) is 5.10 Å². The third kappa shape index (κ3) is 3.60. The van der Waals surface area contributed by atoms with Crippen molar-refractivity contribution in [1.29, 1.82) is 0 Å². The average molecular weight is 317 g/mol. The summed E-state index contributed by atoms with van der Waals surface area (Å²) in [5, 5.41) is 6.39. The fourth-order valence-electron chi connectivity index (χ4n) is 2.63. The molecule has 0 aliphatic carbocycles. The van der Waals surface area contributed by atoms with Gasteiger partial charge in [0.15, 0.2) is 0 Å². The molecule has 3 aromatic carbocycles. The first kappa shape index (κ1) is 15.7. The number of hydrazone groups is 1. The van der Waals surface area contributed by atoms with Gasteiger partial charge in [-0.15, -0.1) is 0 Å². The molecule has 4 nitrogen and oxygen atoms in total. The Bertz CT molecular complexity index is 910. The van der Waals surface area contributed by atoms with Gasteiger partial charge in [-0.25, -0.2) is 5.43 Å². The Hall–Kier alpha value is -3.14. The molecule has 0 heterocycles. The second-order valence-corrected chi connectivity index (χ2v) is 5.67. The standard InChI is InChI=1S/C20H19N3O/c1-14(16-8-5-10-18(21)12-16)22-23-20(24)13-17-9-4-7-15-6-2-3-11-19(15)17/h2-12H,13,21H2,1H3,(H,23,24). The molecule has 0 fully saturated rings. The highest BCUT2D eigenvalue weighted by Gasteiger charge is 2.06. The molecule has 0 bridgehead atoms. The van der Waals surface area contributed by atoms with Gasteiger partial charge in [-0.05, 0) is 41.0 Å². The van der Waals surface area contributed by atoms with Crippen molar-refractivity contribution in [1.82, 2.24) is 5.43 Å². The number of hydrogen-bond acceptors (Lipinski definition) is 3. The van der Waals surface area contributed by atoms with Crippen LogP contribution in [-0.4, -0.2) is 11.6 Å². The van der Waals surface area contributed by atoms with Gasteiger partial charge in [-0.1, -0.05) is 54.6 Å². The molecule has 4 heteroatoms. The zero-order valence-corrected chi connectivity index (χ0v) is 13.5. The molecule has 3 aromatic rings. The topological polar surface area (TPSA) is 67.5 Å². The summed E-state index contributed by atoms with van der Waals surface area (Å²) in [6, 6.07) is 21.4. The highest BCUT2D eigenvalue weighted by Crippen LogP contribution is 2.18. The number of nitrogen functional groups attached to an aromatic ring is 1. The first-order chi connectivity index (χ1) is 11.6. The number of nitrogens with zero attached hydrogens (tertiary/aromatic N) is 1. The summed E-state index contributed by atoms with van der Waals surface area (Å²) in [6.07, 6.45) is 0.287. The van der Waals surface area contributed by atoms with Gasteiger partial charge >= 0.3 is 0 Å². The molecule has 1 amide bonds. The summed E-state index contributed by atoms with van der Waals surface area (Å²) in [7, 11) is 0. The molecule has 0 aliphatic rings. The smallest absolute Gasteiger partial charge is 0.244 e. The van der Waals surface area contributed by atoms with Gasteiger partial charge in [-0.3, -0.25) is 4.79 Å². The lowest BCUT2D eigenvalue weighted by Crippen LogP contribution is -2.21. The van der Waals surface area contributed by atoms with E-state index >= 15 is 0 Å². The van der Waals surface area contributed by atoms with E-state index in [4.69, 9.17) is 5.73 Å². The van der Waals surface area contributed by atoms with Crippen molar-refractivity contribution in [2.24, 2.45) is 5.10 Å². The third-order valence-electron chi connectivity index (χ3n) is 3.88. The lowest BCUT2D eigenvalue weighted by atomic mass is 10.0. The number of rotatable bonds is 4. The molecule has 3 rings (SSSR count). The predicted molar refractivity (Wildman–Crippen MR) is 98.9 cm³/mol. The lowest BCUT2D eigenvalue weighted by molar-refractivity contribution is -0.120. The molecule has 120 valence electrons. The minimum absolute atomic E-state index is 0.144. The maximum Gasteiger partial charge on any atom is 0.244 e. The second-order valence-electron chi connectivity index (χ2n) is 5.67. The summed E-state index contributed by atoms with van der Waals surface area (Å²) < 4.78 is 0. The zero-order chi connectivity index (χ0) is 16.9. The van der Waals surface area contributed by atoms with Crippen molar-refractivity contribution in [2.45, 2.75) is 13.3 Å². The number of nitrogens with two attached hydrogens (primary N) is 1. The van der Waals surface area contributed by atoms with Crippen LogP contribution in [0.4, 0.5) is 5.69 Å². The van der Waals surface area contributed by atoms with E-state index in [0.29, 0.717) is 11.4 Å². The number of nitrogens with one attached hydrogen (secondary N) is 1. The number of anilines is 1. The van der Waals surface area contributed by atoms with Crippen LogP contribution in [0.15, 0.2) is 71.8 Å². The largest absolute Gasteiger partial charge is 0.399 e. The molecule has 0 radical (unpaired) electrons. The summed E-state index contributed by atoms with van der Waals surface area (Å²) in [4.78, 5) is 12.2. The quantitative estimate of drug-likeness (QED) is 0.439. The van der Waals surface area contributed by atoms with Crippen molar-refractivity contribution in [3.63, 3.8) is 0 Å². The Balaban J connectivity index is 1.72. The van der Waals surface area contributed by atoms with Crippen molar-refractivity contribution >= 4 is 28.1 Å². The number of amides is 1. The third-order valence-corrected chi connectivity index (χ3v) is 3.88. The highest BCUT2D eigenvalue weighted by atomic mass is 16.2. The molecule has 0 saturated heterocycles. The molecule has 24 heavy (non-hydrogen) atoms. The Labute approximate surface area is 141 Å². The van der Waals surface area contributed by atoms with Crippen LogP contribution in [0, 0.1) is 0 Å². The van der Waals surface area contributed by atoms with Crippen LogP contribution >= 0.6 is 0 Å². The van der Waals surface area contributed by atoms with Crippen molar-refractivity contribution in [3.8, 4) is 0 Å². The zero-order valence-electron chi connectivity index (χ0n) is 13.5. The maximum absolute atomic E-state index is 12.2. The monoisotopic (exact) mass is 317 g/mol. The molecular weight excluding hydrogens is 298 g/mol. The Kier molecular flexibility index (Phi) is 4.57. The van der Waals surface area contributed by atoms with Crippen molar-refractivity contribution in [2.75, 3.05) is 5.73 Å². The average Bonchev–Trinajstić information content (AvgIpc) is 2.60. The van der Waals surface area contributed by atoms with E-state index in [2.05, 4.69) is 10.5 Å². The van der Waals surface area contributed by atoms with Gasteiger partial charge in [0.2, 0.25) is 5.91 Å². The Morgan fingerprint density at radius 1 is 1.04 bits per heavy atom. The second kappa shape index (κ2) is 6.96. The molecule has 0 saturated carbocycles. The SMILES string of the molecule is CC(=NNC(=O)Cc1cccc2ccccc12)c1cccc(N)c1. The summed E-state index contributed by atoms with van der Waals surface area (Å²) in [6.45, 7) is 1.84. The van der Waals surface area contributed by atoms with Gasteiger partial charge in [0, 0.05) is 5.69 Å². The van der Waals surface area contributed by atoms with Gasteiger partial charge in [0.1, 0.15) is 0 Å². The van der Waals surface area contributed by atoms with Crippen LogP contribution < -0.4 is 11.2 Å². The fourth-order valence-corrected chi connectivity index (χ4v) is 2.63. The van der Waals surface area contributed by atoms with Crippen molar-refractivity contribution < 1.29 is 4.79 Å². The lowest BCUT2D eigenvalue weighted by Gasteiger charge is -2.06. The summed E-state index contributed by atoms with van der Waals surface area (Å²) in [5.74, 6) is -0.144. The molecule has 0 spiro atoms. The summed E-state index contributed by atoms with van der Waals surface area (Å²) in [5.41, 5.74) is 11.7. The predicted octanol–water partition coefficient (Wildman–Crippen LogP) is 3.50. The molecule has 0 atom stereocenters. The van der Waals surface area contributed by atoms with Crippen LogP contribution in [0.25, 0.3) is 10.8 Å². The molecule has 0 aliphatic heterocycles. The van der Waals surface area contributed by atoms with E-state index < -0.39 is 0 Å². The number of carbonyl (C=O) groups excluding carboxylic acids is 1. The Morgan fingerprint density at radius 2 is 1.79 bits per heavy atom.